The fourth-order valence-corrected chi connectivity index (χ4v) is 2.76. The second-order valence-electron chi connectivity index (χ2n) is 6.32. The third kappa shape index (κ3) is 4.88. The van der Waals surface area contributed by atoms with Gasteiger partial charge >= 0.3 is 0 Å². The molecular formula is C17H29N3. The zero-order valence-electron chi connectivity index (χ0n) is 13.2. The number of hydrogen-bond donors (Lipinski definition) is 1. The van der Waals surface area contributed by atoms with Crippen LogP contribution in [0.15, 0.2) is 18.3 Å². The molecule has 0 saturated carbocycles. The molecule has 1 fully saturated rings. The lowest BCUT2D eigenvalue weighted by Gasteiger charge is -2.31. The standard InChI is InChI=1S/C17H29N3/c1-4-15-7-9-20(10-8-15)13-17-6-5-16(12-19-17)11-18-14(2)3/h5-6,12,14-15,18H,4,7-11,13H2,1-3H3. The normalized spacial score (nSPS) is 17.8. The van der Waals surface area contributed by atoms with Crippen LogP contribution in [0.5, 0.6) is 0 Å². The number of likely N-dealkylation sites (tertiary alicyclic amines) is 1. The van der Waals surface area contributed by atoms with Gasteiger partial charge in [-0.1, -0.05) is 33.3 Å². The van der Waals surface area contributed by atoms with Crippen molar-refractivity contribution in [1.82, 2.24) is 15.2 Å². The Morgan fingerprint density at radius 1 is 1.30 bits per heavy atom. The molecule has 3 nitrogen and oxygen atoms in total. The molecule has 0 amide bonds. The fraction of sp³-hybridized carbons (Fsp3) is 0.706. The molecule has 2 rings (SSSR count). The van der Waals surface area contributed by atoms with Crippen molar-refractivity contribution >= 4 is 0 Å². The molecule has 1 aliphatic rings. The molecule has 1 aliphatic heterocycles. The third-order valence-corrected chi connectivity index (χ3v) is 4.27. The highest BCUT2D eigenvalue weighted by Gasteiger charge is 2.17. The van der Waals surface area contributed by atoms with Gasteiger partial charge in [-0.2, -0.15) is 0 Å². The van der Waals surface area contributed by atoms with Gasteiger partial charge in [0.2, 0.25) is 0 Å². The van der Waals surface area contributed by atoms with Crippen molar-refractivity contribution in [3.8, 4) is 0 Å². The Bertz CT molecular complexity index is 378. The maximum Gasteiger partial charge on any atom is 0.0544 e. The van der Waals surface area contributed by atoms with E-state index in [1.807, 2.05) is 6.20 Å². The molecular weight excluding hydrogens is 246 g/mol. The van der Waals surface area contributed by atoms with Crippen molar-refractivity contribution in [3.05, 3.63) is 29.6 Å². The van der Waals surface area contributed by atoms with Gasteiger partial charge in [-0.05, 0) is 43.5 Å². The van der Waals surface area contributed by atoms with Crippen LogP contribution in [0.2, 0.25) is 0 Å². The number of nitrogens with zero attached hydrogens (tertiary/aromatic N) is 2. The number of aromatic nitrogens is 1. The lowest BCUT2D eigenvalue weighted by molar-refractivity contribution is 0.173. The van der Waals surface area contributed by atoms with Gasteiger partial charge in [-0.3, -0.25) is 9.88 Å². The van der Waals surface area contributed by atoms with Gasteiger partial charge in [0.1, 0.15) is 0 Å². The highest BCUT2D eigenvalue weighted by Crippen LogP contribution is 2.20. The van der Waals surface area contributed by atoms with Gasteiger partial charge in [-0.15, -0.1) is 0 Å². The van der Waals surface area contributed by atoms with Gasteiger partial charge in [0.15, 0.2) is 0 Å². The van der Waals surface area contributed by atoms with Crippen LogP contribution in [0.3, 0.4) is 0 Å². The van der Waals surface area contributed by atoms with Crippen LogP contribution < -0.4 is 5.32 Å². The largest absolute Gasteiger partial charge is 0.310 e. The molecule has 0 atom stereocenters. The molecule has 0 spiro atoms. The Morgan fingerprint density at radius 2 is 2.05 bits per heavy atom. The van der Waals surface area contributed by atoms with Crippen LogP contribution in [-0.2, 0) is 13.1 Å². The van der Waals surface area contributed by atoms with Crippen molar-refractivity contribution in [1.29, 1.82) is 0 Å². The molecule has 0 unspecified atom stereocenters. The van der Waals surface area contributed by atoms with E-state index in [1.54, 1.807) is 0 Å². The molecule has 20 heavy (non-hydrogen) atoms. The summed E-state index contributed by atoms with van der Waals surface area (Å²) in [6.07, 6.45) is 6.06. The number of nitrogens with one attached hydrogen (secondary N) is 1. The van der Waals surface area contributed by atoms with Gasteiger partial charge < -0.3 is 5.32 Å². The van der Waals surface area contributed by atoms with E-state index in [4.69, 9.17) is 0 Å². The Hall–Kier alpha value is -0.930. The van der Waals surface area contributed by atoms with Gasteiger partial charge in [0, 0.05) is 25.3 Å². The minimum atomic E-state index is 0.523. The molecule has 112 valence electrons. The van der Waals surface area contributed by atoms with Crippen molar-refractivity contribution in [3.63, 3.8) is 0 Å². The maximum atomic E-state index is 4.61. The van der Waals surface area contributed by atoms with Crippen LogP contribution >= 0.6 is 0 Å². The van der Waals surface area contributed by atoms with Crippen molar-refractivity contribution in [2.45, 2.75) is 59.2 Å². The third-order valence-electron chi connectivity index (χ3n) is 4.27. The lowest BCUT2D eigenvalue weighted by atomic mass is 9.94. The first-order valence-electron chi connectivity index (χ1n) is 8.07. The summed E-state index contributed by atoms with van der Waals surface area (Å²) in [6.45, 7) is 11.0. The maximum absolute atomic E-state index is 4.61. The minimum absolute atomic E-state index is 0.523. The quantitative estimate of drug-likeness (QED) is 0.864. The highest BCUT2D eigenvalue weighted by molar-refractivity contribution is 5.14. The van der Waals surface area contributed by atoms with E-state index >= 15 is 0 Å². The first kappa shape index (κ1) is 15.5. The molecule has 1 N–H and O–H groups in total. The second kappa shape index (κ2) is 7.75. The molecule has 2 heterocycles. The molecule has 0 radical (unpaired) electrons. The number of hydrogen-bond acceptors (Lipinski definition) is 3. The zero-order chi connectivity index (χ0) is 14.4. The van der Waals surface area contributed by atoms with Crippen molar-refractivity contribution < 1.29 is 0 Å². The van der Waals surface area contributed by atoms with Crippen molar-refractivity contribution in [2.24, 2.45) is 5.92 Å². The lowest BCUT2D eigenvalue weighted by Crippen LogP contribution is -2.33. The second-order valence-corrected chi connectivity index (χ2v) is 6.32. The predicted octanol–water partition coefficient (Wildman–Crippen LogP) is 3.20. The van der Waals surface area contributed by atoms with Gasteiger partial charge in [0.25, 0.3) is 0 Å². The van der Waals surface area contributed by atoms with E-state index in [-0.39, 0.29) is 0 Å². The van der Waals surface area contributed by atoms with E-state index in [9.17, 15) is 0 Å². The Morgan fingerprint density at radius 3 is 2.60 bits per heavy atom. The molecule has 3 heteroatoms. The van der Waals surface area contributed by atoms with E-state index in [2.05, 4.69) is 48.1 Å². The predicted molar refractivity (Wildman–Crippen MR) is 84.5 cm³/mol. The summed E-state index contributed by atoms with van der Waals surface area (Å²) in [5, 5.41) is 3.42. The van der Waals surface area contributed by atoms with Crippen LogP contribution in [0.1, 0.15) is 51.3 Å². The number of piperidine rings is 1. The van der Waals surface area contributed by atoms with Crippen LogP contribution in [0, 0.1) is 5.92 Å². The summed E-state index contributed by atoms with van der Waals surface area (Å²) in [4.78, 5) is 7.15. The smallest absolute Gasteiger partial charge is 0.0544 e. The minimum Gasteiger partial charge on any atom is -0.310 e. The molecule has 1 aromatic heterocycles. The summed E-state index contributed by atoms with van der Waals surface area (Å²) < 4.78 is 0. The van der Waals surface area contributed by atoms with E-state index in [0.717, 1.165) is 19.0 Å². The number of pyridine rings is 1. The molecule has 1 aromatic rings. The Labute approximate surface area is 123 Å². The first-order valence-corrected chi connectivity index (χ1v) is 8.07. The van der Waals surface area contributed by atoms with Crippen LogP contribution in [-0.4, -0.2) is 29.0 Å². The van der Waals surface area contributed by atoms with Crippen molar-refractivity contribution in [2.75, 3.05) is 13.1 Å². The molecule has 0 aromatic carbocycles. The molecule has 1 saturated heterocycles. The monoisotopic (exact) mass is 275 g/mol. The van der Waals surface area contributed by atoms with Gasteiger partial charge in [0.05, 0.1) is 5.69 Å². The first-order chi connectivity index (χ1) is 9.67. The summed E-state index contributed by atoms with van der Waals surface area (Å²) in [5.74, 6) is 0.948. The summed E-state index contributed by atoms with van der Waals surface area (Å²) in [7, 11) is 0. The molecule has 0 bridgehead atoms. The number of rotatable bonds is 6. The van der Waals surface area contributed by atoms with Crippen LogP contribution in [0.4, 0.5) is 0 Å². The van der Waals surface area contributed by atoms with Gasteiger partial charge in [-0.25, -0.2) is 0 Å². The van der Waals surface area contributed by atoms with E-state index in [1.165, 1.54) is 43.6 Å². The average Bonchev–Trinajstić information content (AvgIpc) is 2.47. The Balaban J connectivity index is 1.79. The summed E-state index contributed by atoms with van der Waals surface area (Å²) >= 11 is 0. The Kier molecular flexibility index (Phi) is 5.99. The topological polar surface area (TPSA) is 28.2 Å². The average molecular weight is 275 g/mol. The van der Waals surface area contributed by atoms with E-state index < -0.39 is 0 Å². The molecule has 0 aliphatic carbocycles. The summed E-state index contributed by atoms with van der Waals surface area (Å²) in [6, 6.07) is 4.91. The SMILES string of the molecule is CCC1CCN(Cc2ccc(CNC(C)C)cn2)CC1. The van der Waals surface area contributed by atoms with Crippen LogP contribution in [0.25, 0.3) is 0 Å². The highest BCUT2D eigenvalue weighted by atomic mass is 15.1. The zero-order valence-corrected chi connectivity index (χ0v) is 13.2. The summed E-state index contributed by atoms with van der Waals surface area (Å²) in [5.41, 5.74) is 2.47. The fourth-order valence-electron chi connectivity index (χ4n) is 2.76. The van der Waals surface area contributed by atoms with E-state index in [0.29, 0.717) is 6.04 Å².